The number of hydrogen-bond acceptors (Lipinski definition) is 2. The maximum atomic E-state index is 9.54. The smallest absolute Gasteiger partial charge is 0.0672 e. The Balaban J connectivity index is 2.08. The quantitative estimate of drug-likeness (QED) is 0.733. The van der Waals surface area contributed by atoms with Crippen LogP contribution in [0.2, 0.25) is 0 Å². The van der Waals surface area contributed by atoms with E-state index in [2.05, 4.69) is 31.7 Å². The van der Waals surface area contributed by atoms with Gasteiger partial charge in [-0.3, -0.25) is 4.90 Å². The number of rotatable bonds is 5. The minimum atomic E-state index is 0.277. The zero-order chi connectivity index (χ0) is 14.5. The summed E-state index contributed by atoms with van der Waals surface area (Å²) in [5.41, 5.74) is 0. The van der Waals surface area contributed by atoms with Gasteiger partial charge in [0.25, 0.3) is 0 Å². The second-order valence-corrected chi connectivity index (χ2v) is 7.58. The molecule has 0 radical (unpaired) electrons. The average molecular weight is 276 g/mol. The van der Waals surface area contributed by atoms with Crippen LogP contribution in [0, 0.1) is 29.1 Å². The van der Waals surface area contributed by atoms with Crippen LogP contribution in [0.5, 0.6) is 0 Å². The summed E-state index contributed by atoms with van der Waals surface area (Å²) in [5.74, 6) is 1.84. The third-order valence-corrected chi connectivity index (χ3v) is 5.43. The summed E-state index contributed by atoms with van der Waals surface area (Å²) >= 11 is 0. The zero-order valence-electron chi connectivity index (χ0n) is 13.6. The fourth-order valence-corrected chi connectivity index (χ4v) is 4.13. The van der Waals surface area contributed by atoms with Gasteiger partial charge in [0.1, 0.15) is 0 Å². The van der Waals surface area contributed by atoms with Crippen molar-refractivity contribution in [2.24, 2.45) is 17.8 Å². The van der Waals surface area contributed by atoms with Gasteiger partial charge in [-0.2, -0.15) is 5.26 Å². The largest absolute Gasteiger partial charge is 0.296 e. The van der Waals surface area contributed by atoms with Gasteiger partial charge in [-0.1, -0.05) is 33.6 Å². The summed E-state index contributed by atoms with van der Waals surface area (Å²) in [7, 11) is 0. The molecule has 0 aromatic heterocycles. The first-order chi connectivity index (χ1) is 9.61. The second kappa shape index (κ2) is 7.46. The molecule has 2 rings (SSSR count). The summed E-state index contributed by atoms with van der Waals surface area (Å²) < 4.78 is 0. The Bertz CT molecular complexity index is 325. The van der Waals surface area contributed by atoms with Crippen molar-refractivity contribution in [1.29, 1.82) is 5.26 Å². The van der Waals surface area contributed by atoms with Gasteiger partial charge in [-0.05, 0) is 56.9 Å². The van der Waals surface area contributed by atoms with E-state index in [0.29, 0.717) is 6.04 Å². The molecule has 2 saturated carbocycles. The number of nitrogens with zero attached hydrogens (tertiary/aromatic N) is 2. The van der Waals surface area contributed by atoms with Crippen LogP contribution in [-0.4, -0.2) is 23.5 Å². The van der Waals surface area contributed by atoms with Crippen molar-refractivity contribution >= 4 is 0 Å². The van der Waals surface area contributed by atoms with Crippen molar-refractivity contribution in [3.8, 4) is 6.07 Å². The molecule has 3 atom stereocenters. The highest BCUT2D eigenvalue weighted by atomic mass is 15.2. The van der Waals surface area contributed by atoms with Gasteiger partial charge in [-0.15, -0.1) is 0 Å². The third kappa shape index (κ3) is 3.98. The lowest BCUT2D eigenvalue weighted by molar-refractivity contribution is 0.0625. The molecule has 0 aromatic carbocycles. The molecule has 0 amide bonds. The van der Waals surface area contributed by atoms with Crippen LogP contribution in [-0.2, 0) is 0 Å². The molecule has 2 heteroatoms. The van der Waals surface area contributed by atoms with Crippen LogP contribution in [0.1, 0.15) is 72.1 Å². The van der Waals surface area contributed by atoms with E-state index in [1.807, 2.05) is 0 Å². The Hall–Kier alpha value is -0.550. The highest BCUT2D eigenvalue weighted by Crippen LogP contribution is 2.36. The maximum absolute atomic E-state index is 9.54. The normalized spacial score (nSPS) is 31.9. The highest BCUT2D eigenvalue weighted by molar-refractivity contribution is 4.99. The summed E-state index contributed by atoms with van der Waals surface area (Å²) in [5, 5.41) is 9.54. The highest BCUT2D eigenvalue weighted by Gasteiger charge is 2.36. The predicted octanol–water partition coefficient (Wildman–Crippen LogP) is 4.61. The first kappa shape index (κ1) is 15.8. The molecule has 0 heterocycles. The summed E-state index contributed by atoms with van der Waals surface area (Å²) in [6.45, 7) is 8.21. The molecule has 2 aliphatic rings. The molecule has 2 fully saturated rings. The van der Waals surface area contributed by atoms with Crippen molar-refractivity contribution in [2.45, 2.75) is 84.2 Å². The molecular formula is C18H32N2. The predicted molar refractivity (Wildman–Crippen MR) is 84.3 cm³/mol. The topological polar surface area (TPSA) is 27.0 Å². The first-order valence-electron chi connectivity index (χ1n) is 8.77. The second-order valence-electron chi connectivity index (χ2n) is 7.58. The monoisotopic (exact) mass is 276 g/mol. The van der Waals surface area contributed by atoms with Crippen LogP contribution in [0.4, 0.5) is 0 Å². The lowest BCUT2D eigenvalue weighted by atomic mass is 9.78. The standard InChI is InChI=1S/C18H32N2/c1-14(2)10-11-20(17-6-4-5-7-17)18-12-15(3)8-9-16(18)13-19/h14-18H,4-12H2,1-3H3. The molecule has 20 heavy (non-hydrogen) atoms. The first-order valence-corrected chi connectivity index (χ1v) is 8.77. The maximum Gasteiger partial charge on any atom is 0.0672 e. The van der Waals surface area contributed by atoms with Crippen LogP contribution >= 0.6 is 0 Å². The lowest BCUT2D eigenvalue weighted by Gasteiger charge is -2.43. The molecule has 3 unspecified atom stereocenters. The third-order valence-electron chi connectivity index (χ3n) is 5.43. The molecule has 0 aliphatic heterocycles. The van der Waals surface area contributed by atoms with Crippen LogP contribution in [0.15, 0.2) is 0 Å². The molecule has 114 valence electrons. The molecule has 0 spiro atoms. The van der Waals surface area contributed by atoms with E-state index < -0.39 is 0 Å². The molecule has 0 N–H and O–H groups in total. The van der Waals surface area contributed by atoms with E-state index in [1.165, 1.54) is 51.5 Å². The SMILES string of the molecule is CC(C)CCN(C1CCCC1)C1CC(C)CCC1C#N. The van der Waals surface area contributed by atoms with Gasteiger partial charge >= 0.3 is 0 Å². The average Bonchev–Trinajstić information content (AvgIpc) is 2.93. The van der Waals surface area contributed by atoms with Crippen LogP contribution in [0.3, 0.4) is 0 Å². The van der Waals surface area contributed by atoms with Crippen molar-refractivity contribution < 1.29 is 0 Å². The Kier molecular flexibility index (Phi) is 5.90. The molecule has 2 nitrogen and oxygen atoms in total. The Morgan fingerprint density at radius 1 is 1.15 bits per heavy atom. The summed E-state index contributed by atoms with van der Waals surface area (Å²) in [6.07, 6.45) is 10.4. The van der Waals surface area contributed by atoms with E-state index >= 15 is 0 Å². The van der Waals surface area contributed by atoms with Crippen LogP contribution < -0.4 is 0 Å². The van der Waals surface area contributed by atoms with E-state index in [9.17, 15) is 5.26 Å². The van der Waals surface area contributed by atoms with E-state index in [1.54, 1.807) is 0 Å². The fourth-order valence-electron chi connectivity index (χ4n) is 4.13. The van der Waals surface area contributed by atoms with E-state index in [4.69, 9.17) is 0 Å². The Labute approximate surface area is 125 Å². The zero-order valence-corrected chi connectivity index (χ0v) is 13.6. The molecule has 0 saturated heterocycles. The minimum absolute atomic E-state index is 0.277. The van der Waals surface area contributed by atoms with Crippen LogP contribution in [0.25, 0.3) is 0 Å². The van der Waals surface area contributed by atoms with Crippen molar-refractivity contribution in [3.05, 3.63) is 0 Å². The van der Waals surface area contributed by atoms with Gasteiger partial charge in [-0.25, -0.2) is 0 Å². The fraction of sp³-hybridized carbons (Fsp3) is 0.944. The molecular weight excluding hydrogens is 244 g/mol. The Morgan fingerprint density at radius 2 is 1.85 bits per heavy atom. The van der Waals surface area contributed by atoms with Gasteiger partial charge in [0.2, 0.25) is 0 Å². The van der Waals surface area contributed by atoms with Crippen molar-refractivity contribution in [3.63, 3.8) is 0 Å². The van der Waals surface area contributed by atoms with Gasteiger partial charge in [0.15, 0.2) is 0 Å². The lowest BCUT2D eigenvalue weighted by Crippen LogP contribution is -2.48. The Morgan fingerprint density at radius 3 is 2.45 bits per heavy atom. The number of nitriles is 1. The van der Waals surface area contributed by atoms with Gasteiger partial charge < -0.3 is 0 Å². The summed E-state index contributed by atoms with van der Waals surface area (Å²) in [4.78, 5) is 2.76. The minimum Gasteiger partial charge on any atom is -0.296 e. The van der Waals surface area contributed by atoms with Gasteiger partial charge in [0.05, 0.1) is 12.0 Å². The molecule has 0 aromatic rings. The summed E-state index contributed by atoms with van der Waals surface area (Å²) in [6, 6.07) is 3.92. The van der Waals surface area contributed by atoms with Crippen molar-refractivity contribution in [1.82, 2.24) is 4.90 Å². The molecule has 2 aliphatic carbocycles. The van der Waals surface area contributed by atoms with E-state index in [-0.39, 0.29) is 5.92 Å². The number of hydrogen-bond donors (Lipinski definition) is 0. The molecule has 0 bridgehead atoms. The van der Waals surface area contributed by atoms with Gasteiger partial charge in [0, 0.05) is 12.1 Å². The van der Waals surface area contributed by atoms with E-state index in [0.717, 1.165) is 24.3 Å². The van der Waals surface area contributed by atoms with Crippen molar-refractivity contribution in [2.75, 3.05) is 6.54 Å².